The van der Waals surface area contributed by atoms with Crippen LogP contribution < -0.4 is 20.3 Å². The van der Waals surface area contributed by atoms with Gasteiger partial charge in [0, 0.05) is 31.2 Å². The standard InChI is InChI=1S/C23H35N5OS/c1-5-24-23(26-18-12-14-28(15-13-18)22-11-8-16-30-22)25-17-20(27(2)3)19-9-6-7-10-21(19)29-4/h6-11,16,18,20H,5,12-15,17H2,1-4H3,(H2,24,25,26). The van der Waals surface area contributed by atoms with Crippen molar-refractivity contribution in [3.63, 3.8) is 0 Å². The van der Waals surface area contributed by atoms with Crippen LogP contribution in [0.15, 0.2) is 46.8 Å². The third-order valence-electron chi connectivity index (χ3n) is 5.54. The van der Waals surface area contributed by atoms with Crippen LogP contribution in [0, 0.1) is 0 Å². The van der Waals surface area contributed by atoms with E-state index in [1.807, 2.05) is 23.5 Å². The van der Waals surface area contributed by atoms with E-state index >= 15 is 0 Å². The molecule has 0 radical (unpaired) electrons. The van der Waals surface area contributed by atoms with E-state index in [1.54, 1.807) is 7.11 Å². The molecule has 1 aliphatic heterocycles. The van der Waals surface area contributed by atoms with Gasteiger partial charge >= 0.3 is 0 Å². The zero-order valence-electron chi connectivity index (χ0n) is 18.6. The topological polar surface area (TPSA) is 52.1 Å². The van der Waals surface area contributed by atoms with Crippen molar-refractivity contribution in [1.29, 1.82) is 0 Å². The predicted octanol–water partition coefficient (Wildman–Crippen LogP) is 3.58. The van der Waals surface area contributed by atoms with Crippen LogP contribution >= 0.6 is 11.3 Å². The van der Waals surface area contributed by atoms with Gasteiger partial charge in [-0.15, -0.1) is 11.3 Å². The van der Waals surface area contributed by atoms with E-state index in [2.05, 4.69) is 71.1 Å². The average Bonchev–Trinajstić information content (AvgIpc) is 3.29. The fourth-order valence-electron chi connectivity index (χ4n) is 3.87. The quantitative estimate of drug-likeness (QED) is 0.496. The second-order valence-electron chi connectivity index (χ2n) is 7.80. The minimum absolute atomic E-state index is 0.150. The molecule has 1 unspecified atom stereocenters. The molecule has 164 valence electrons. The Morgan fingerprint density at radius 2 is 2.00 bits per heavy atom. The number of benzene rings is 1. The summed E-state index contributed by atoms with van der Waals surface area (Å²) in [4.78, 5) is 9.62. The Morgan fingerprint density at radius 3 is 2.63 bits per heavy atom. The van der Waals surface area contributed by atoms with E-state index < -0.39 is 0 Å². The smallest absolute Gasteiger partial charge is 0.191 e. The maximum absolute atomic E-state index is 5.58. The first-order chi connectivity index (χ1) is 14.6. The minimum atomic E-state index is 0.150. The van der Waals surface area contributed by atoms with Crippen LogP contribution in [0.1, 0.15) is 31.4 Å². The number of para-hydroxylation sites is 1. The molecule has 2 N–H and O–H groups in total. The normalized spacial score (nSPS) is 16.6. The molecule has 2 heterocycles. The predicted molar refractivity (Wildman–Crippen MR) is 128 cm³/mol. The van der Waals surface area contributed by atoms with Crippen LogP contribution in [-0.2, 0) is 0 Å². The first-order valence-corrected chi connectivity index (χ1v) is 11.6. The van der Waals surface area contributed by atoms with Crippen molar-refractivity contribution in [3.8, 4) is 5.75 Å². The second kappa shape index (κ2) is 11.2. The van der Waals surface area contributed by atoms with Crippen LogP contribution in [0.2, 0.25) is 0 Å². The third kappa shape index (κ3) is 5.89. The van der Waals surface area contributed by atoms with Crippen molar-refractivity contribution in [3.05, 3.63) is 47.3 Å². The summed E-state index contributed by atoms with van der Waals surface area (Å²) < 4.78 is 5.58. The summed E-state index contributed by atoms with van der Waals surface area (Å²) >= 11 is 1.82. The second-order valence-corrected chi connectivity index (χ2v) is 8.72. The molecule has 1 aromatic carbocycles. The van der Waals surface area contributed by atoms with Crippen LogP contribution in [-0.4, -0.2) is 64.3 Å². The van der Waals surface area contributed by atoms with Crippen molar-refractivity contribution in [2.45, 2.75) is 31.8 Å². The number of ether oxygens (including phenoxy) is 1. The average molecular weight is 430 g/mol. The zero-order valence-corrected chi connectivity index (χ0v) is 19.4. The summed E-state index contributed by atoms with van der Waals surface area (Å²) in [5, 5.41) is 10.6. The van der Waals surface area contributed by atoms with E-state index in [-0.39, 0.29) is 6.04 Å². The molecule has 0 aliphatic carbocycles. The number of piperidine rings is 1. The van der Waals surface area contributed by atoms with Gasteiger partial charge < -0.3 is 25.2 Å². The largest absolute Gasteiger partial charge is 0.496 e. The van der Waals surface area contributed by atoms with E-state index in [4.69, 9.17) is 9.73 Å². The lowest BCUT2D eigenvalue weighted by Gasteiger charge is -2.33. The number of guanidine groups is 1. The Balaban J connectivity index is 1.63. The number of nitrogens with one attached hydrogen (secondary N) is 2. The molecule has 30 heavy (non-hydrogen) atoms. The van der Waals surface area contributed by atoms with Crippen LogP contribution in [0.3, 0.4) is 0 Å². The monoisotopic (exact) mass is 429 g/mol. The van der Waals surface area contributed by atoms with Gasteiger partial charge in [-0.05, 0) is 57.4 Å². The van der Waals surface area contributed by atoms with E-state index in [9.17, 15) is 0 Å². The van der Waals surface area contributed by atoms with Gasteiger partial charge in [0.05, 0.1) is 24.7 Å². The number of thiophene rings is 1. The van der Waals surface area contributed by atoms with Crippen LogP contribution in [0.25, 0.3) is 0 Å². The van der Waals surface area contributed by atoms with Crippen molar-refractivity contribution >= 4 is 22.3 Å². The van der Waals surface area contributed by atoms with Crippen LogP contribution in [0.4, 0.5) is 5.00 Å². The molecule has 1 aliphatic rings. The fourth-order valence-corrected chi connectivity index (χ4v) is 4.65. The van der Waals surface area contributed by atoms with Crippen molar-refractivity contribution in [1.82, 2.24) is 15.5 Å². The molecular formula is C23H35N5OS. The SMILES string of the molecule is CCNC(=NCC(c1ccccc1OC)N(C)C)NC1CCN(c2cccs2)CC1. The lowest BCUT2D eigenvalue weighted by atomic mass is 10.0. The summed E-state index contributed by atoms with van der Waals surface area (Å²) in [7, 11) is 5.91. The molecule has 7 heteroatoms. The molecular weight excluding hydrogens is 394 g/mol. The highest BCUT2D eigenvalue weighted by Crippen LogP contribution is 2.28. The van der Waals surface area contributed by atoms with Crippen molar-refractivity contribution < 1.29 is 4.74 Å². The van der Waals surface area contributed by atoms with Gasteiger partial charge in [-0.3, -0.25) is 4.99 Å². The number of likely N-dealkylation sites (N-methyl/N-ethyl adjacent to an activating group) is 1. The Kier molecular flexibility index (Phi) is 8.39. The van der Waals surface area contributed by atoms with E-state index in [1.165, 1.54) is 5.00 Å². The van der Waals surface area contributed by atoms with E-state index in [0.29, 0.717) is 12.6 Å². The number of hydrogen-bond donors (Lipinski definition) is 2. The van der Waals surface area contributed by atoms with Gasteiger partial charge in [0.2, 0.25) is 0 Å². The fraction of sp³-hybridized carbons (Fsp3) is 0.522. The highest BCUT2D eigenvalue weighted by Gasteiger charge is 2.22. The molecule has 0 bridgehead atoms. The van der Waals surface area contributed by atoms with Gasteiger partial charge in [0.15, 0.2) is 5.96 Å². The Morgan fingerprint density at radius 1 is 1.23 bits per heavy atom. The number of anilines is 1. The van der Waals surface area contributed by atoms with Crippen LogP contribution in [0.5, 0.6) is 5.75 Å². The summed E-state index contributed by atoms with van der Waals surface area (Å²) in [6.45, 7) is 5.79. The molecule has 1 aromatic heterocycles. The number of methoxy groups -OCH3 is 1. The lowest BCUT2D eigenvalue weighted by Crippen LogP contribution is -2.48. The first kappa shape index (κ1) is 22.4. The number of rotatable bonds is 8. The maximum atomic E-state index is 5.58. The lowest BCUT2D eigenvalue weighted by molar-refractivity contribution is 0.295. The summed E-state index contributed by atoms with van der Waals surface area (Å²) in [5.74, 6) is 1.80. The molecule has 3 rings (SSSR count). The maximum Gasteiger partial charge on any atom is 0.191 e. The Hall–Kier alpha value is -2.25. The minimum Gasteiger partial charge on any atom is -0.496 e. The van der Waals surface area contributed by atoms with Gasteiger partial charge in [-0.1, -0.05) is 18.2 Å². The molecule has 1 atom stereocenters. The number of aliphatic imine (C=N–C) groups is 1. The highest BCUT2D eigenvalue weighted by atomic mass is 32.1. The molecule has 0 amide bonds. The summed E-state index contributed by atoms with van der Waals surface area (Å²) in [5.41, 5.74) is 1.16. The van der Waals surface area contributed by atoms with Crippen molar-refractivity contribution in [2.24, 2.45) is 4.99 Å². The Labute approximate surface area is 184 Å². The molecule has 0 saturated carbocycles. The number of nitrogens with zero attached hydrogens (tertiary/aromatic N) is 3. The van der Waals surface area contributed by atoms with Gasteiger partial charge in [-0.2, -0.15) is 0 Å². The molecule has 1 saturated heterocycles. The first-order valence-electron chi connectivity index (χ1n) is 10.7. The summed E-state index contributed by atoms with van der Waals surface area (Å²) in [6.07, 6.45) is 2.23. The third-order valence-corrected chi connectivity index (χ3v) is 6.47. The number of hydrogen-bond acceptors (Lipinski definition) is 5. The highest BCUT2D eigenvalue weighted by molar-refractivity contribution is 7.14. The zero-order chi connectivity index (χ0) is 21.3. The Bertz CT molecular complexity index is 785. The van der Waals surface area contributed by atoms with Gasteiger partial charge in [0.25, 0.3) is 0 Å². The molecule has 0 spiro atoms. The molecule has 2 aromatic rings. The van der Waals surface area contributed by atoms with Crippen molar-refractivity contribution in [2.75, 3.05) is 52.3 Å². The summed E-state index contributed by atoms with van der Waals surface area (Å²) in [6, 6.07) is 13.1. The molecule has 1 fully saturated rings. The van der Waals surface area contributed by atoms with Gasteiger partial charge in [0.1, 0.15) is 5.75 Å². The van der Waals surface area contributed by atoms with E-state index in [0.717, 1.165) is 49.7 Å². The molecule has 6 nitrogen and oxygen atoms in total. The van der Waals surface area contributed by atoms with Gasteiger partial charge in [-0.25, -0.2) is 0 Å².